The lowest BCUT2D eigenvalue weighted by atomic mass is 10.1. The molecule has 102 valence electrons. The second-order valence-corrected chi connectivity index (χ2v) is 4.58. The summed E-state index contributed by atoms with van der Waals surface area (Å²) in [5.41, 5.74) is 1.43. The second kappa shape index (κ2) is 6.53. The fourth-order valence-corrected chi connectivity index (χ4v) is 1.60. The van der Waals surface area contributed by atoms with Crippen LogP contribution in [0.25, 0.3) is 6.08 Å². The van der Waals surface area contributed by atoms with E-state index < -0.39 is 0 Å². The number of hydrogen-bond donors (Lipinski definition) is 2. The van der Waals surface area contributed by atoms with E-state index in [0.717, 1.165) is 18.4 Å². The van der Waals surface area contributed by atoms with Crippen molar-refractivity contribution < 1.29 is 9.59 Å². The molecule has 1 aliphatic carbocycles. The Kier molecular flexibility index (Phi) is 4.51. The van der Waals surface area contributed by atoms with Crippen LogP contribution < -0.4 is 10.6 Å². The molecule has 0 aromatic heterocycles. The third-order valence-electron chi connectivity index (χ3n) is 2.85. The maximum absolute atomic E-state index is 11.8. The number of nitrogens with one attached hydrogen (secondary N) is 2. The molecule has 0 unspecified atom stereocenters. The van der Waals surface area contributed by atoms with Gasteiger partial charge in [0, 0.05) is 17.7 Å². The number of benzene rings is 1. The Morgan fingerprint density at radius 3 is 2.60 bits per heavy atom. The predicted octanol–water partition coefficient (Wildman–Crippen LogP) is 1.23. The quantitative estimate of drug-likeness (QED) is 0.623. The van der Waals surface area contributed by atoms with Crippen LogP contribution in [0.4, 0.5) is 0 Å². The van der Waals surface area contributed by atoms with Crippen molar-refractivity contribution in [3.05, 3.63) is 41.5 Å². The minimum absolute atomic E-state index is 0.0105. The van der Waals surface area contributed by atoms with Crippen LogP contribution in [0.1, 0.15) is 28.8 Å². The first-order chi connectivity index (χ1) is 9.69. The minimum atomic E-state index is -0.317. The normalized spacial score (nSPS) is 13.8. The molecule has 20 heavy (non-hydrogen) atoms. The summed E-state index contributed by atoms with van der Waals surface area (Å²) in [5, 5.41) is 13.6. The van der Waals surface area contributed by atoms with Gasteiger partial charge in [-0.15, -0.1) is 0 Å². The molecule has 1 fully saturated rings. The van der Waals surface area contributed by atoms with Gasteiger partial charge in [0.2, 0.25) is 5.91 Å². The zero-order valence-electron chi connectivity index (χ0n) is 10.9. The standard InChI is InChI=1S/C15H15N3O2/c16-9-10-17-14(19)8-3-11-1-4-12(5-2-11)15(20)18-13-6-7-13/h1-5,8,13H,6-7,10H2,(H,17,19)(H,18,20)/b8-3-. The Hall–Kier alpha value is -2.61. The molecule has 1 saturated carbocycles. The summed E-state index contributed by atoms with van der Waals surface area (Å²) in [4.78, 5) is 23.0. The molecule has 0 spiro atoms. The van der Waals surface area contributed by atoms with Gasteiger partial charge in [-0.2, -0.15) is 5.26 Å². The summed E-state index contributed by atoms with van der Waals surface area (Å²) in [6.45, 7) is -0.0105. The van der Waals surface area contributed by atoms with Crippen molar-refractivity contribution in [1.29, 1.82) is 5.26 Å². The average Bonchev–Trinajstić information content (AvgIpc) is 3.27. The first-order valence-corrected chi connectivity index (χ1v) is 6.43. The molecule has 0 atom stereocenters. The van der Waals surface area contributed by atoms with Crippen LogP contribution in [-0.4, -0.2) is 24.4 Å². The van der Waals surface area contributed by atoms with E-state index in [1.807, 2.05) is 6.07 Å². The fourth-order valence-electron chi connectivity index (χ4n) is 1.60. The Balaban J connectivity index is 1.90. The van der Waals surface area contributed by atoms with E-state index in [-0.39, 0.29) is 18.4 Å². The summed E-state index contributed by atoms with van der Waals surface area (Å²) < 4.78 is 0. The van der Waals surface area contributed by atoms with Gasteiger partial charge < -0.3 is 10.6 Å². The van der Waals surface area contributed by atoms with E-state index in [2.05, 4.69) is 10.6 Å². The predicted molar refractivity (Wildman–Crippen MR) is 74.6 cm³/mol. The number of carbonyl (C=O) groups is 2. The Bertz CT molecular complexity index is 566. The maximum Gasteiger partial charge on any atom is 0.251 e. The topological polar surface area (TPSA) is 82.0 Å². The summed E-state index contributed by atoms with van der Waals surface area (Å²) in [6, 6.07) is 9.17. The number of rotatable bonds is 5. The molecule has 2 N–H and O–H groups in total. The summed E-state index contributed by atoms with van der Waals surface area (Å²) in [6.07, 6.45) is 5.11. The van der Waals surface area contributed by atoms with E-state index >= 15 is 0 Å². The van der Waals surface area contributed by atoms with Crippen LogP contribution >= 0.6 is 0 Å². The molecule has 5 nitrogen and oxygen atoms in total. The molecule has 1 aliphatic rings. The number of nitriles is 1. The molecule has 1 aromatic rings. The Morgan fingerprint density at radius 1 is 1.30 bits per heavy atom. The number of hydrogen-bond acceptors (Lipinski definition) is 3. The van der Waals surface area contributed by atoms with Crippen molar-refractivity contribution in [2.75, 3.05) is 6.54 Å². The highest BCUT2D eigenvalue weighted by Gasteiger charge is 2.23. The maximum atomic E-state index is 11.8. The largest absolute Gasteiger partial charge is 0.349 e. The Labute approximate surface area is 117 Å². The molecule has 0 bridgehead atoms. The third kappa shape index (κ3) is 4.25. The van der Waals surface area contributed by atoms with E-state index in [4.69, 9.17) is 5.26 Å². The number of amides is 2. The Morgan fingerprint density at radius 2 is 2.00 bits per heavy atom. The fraction of sp³-hybridized carbons (Fsp3) is 0.267. The smallest absolute Gasteiger partial charge is 0.251 e. The van der Waals surface area contributed by atoms with Gasteiger partial charge in [0.25, 0.3) is 5.91 Å². The first-order valence-electron chi connectivity index (χ1n) is 6.43. The van der Waals surface area contributed by atoms with E-state index in [9.17, 15) is 9.59 Å². The summed E-state index contributed by atoms with van der Waals surface area (Å²) >= 11 is 0. The molecule has 5 heteroatoms. The van der Waals surface area contributed by atoms with Crippen molar-refractivity contribution in [2.45, 2.75) is 18.9 Å². The molecular formula is C15H15N3O2. The van der Waals surface area contributed by atoms with Gasteiger partial charge in [-0.25, -0.2) is 0 Å². The van der Waals surface area contributed by atoms with Crippen molar-refractivity contribution in [2.24, 2.45) is 0 Å². The van der Waals surface area contributed by atoms with Crippen LogP contribution in [0, 0.1) is 11.3 Å². The molecule has 0 radical (unpaired) electrons. The van der Waals surface area contributed by atoms with Gasteiger partial charge in [-0.3, -0.25) is 9.59 Å². The average molecular weight is 269 g/mol. The van der Waals surface area contributed by atoms with E-state index in [1.54, 1.807) is 30.3 Å². The van der Waals surface area contributed by atoms with Crippen molar-refractivity contribution >= 4 is 17.9 Å². The van der Waals surface area contributed by atoms with Gasteiger partial charge in [-0.05, 0) is 36.6 Å². The zero-order chi connectivity index (χ0) is 14.4. The van der Waals surface area contributed by atoms with Gasteiger partial charge in [0.1, 0.15) is 6.54 Å². The molecule has 0 saturated heterocycles. The number of carbonyl (C=O) groups excluding carboxylic acids is 2. The monoisotopic (exact) mass is 269 g/mol. The van der Waals surface area contributed by atoms with E-state index in [0.29, 0.717) is 11.6 Å². The lowest BCUT2D eigenvalue weighted by molar-refractivity contribution is -0.116. The van der Waals surface area contributed by atoms with Gasteiger partial charge >= 0.3 is 0 Å². The minimum Gasteiger partial charge on any atom is -0.349 e. The summed E-state index contributed by atoms with van der Waals surface area (Å²) in [5.74, 6) is -0.378. The lowest BCUT2D eigenvalue weighted by Gasteiger charge is -2.03. The van der Waals surface area contributed by atoms with Gasteiger partial charge in [0.15, 0.2) is 0 Å². The zero-order valence-corrected chi connectivity index (χ0v) is 10.9. The highest BCUT2D eigenvalue weighted by atomic mass is 16.2. The van der Waals surface area contributed by atoms with Crippen molar-refractivity contribution in [1.82, 2.24) is 10.6 Å². The highest BCUT2D eigenvalue weighted by Crippen LogP contribution is 2.19. The molecule has 2 rings (SSSR count). The number of nitrogens with zero attached hydrogens (tertiary/aromatic N) is 1. The van der Waals surface area contributed by atoms with Crippen LogP contribution in [0.3, 0.4) is 0 Å². The van der Waals surface area contributed by atoms with Crippen LogP contribution in [0.15, 0.2) is 30.3 Å². The third-order valence-corrected chi connectivity index (χ3v) is 2.85. The van der Waals surface area contributed by atoms with E-state index in [1.165, 1.54) is 6.08 Å². The molecular weight excluding hydrogens is 254 g/mol. The molecule has 0 aliphatic heterocycles. The SMILES string of the molecule is N#CCNC(=O)/C=C\c1ccc(C(=O)NC2CC2)cc1. The molecule has 0 heterocycles. The van der Waals surface area contributed by atoms with Crippen molar-refractivity contribution in [3.8, 4) is 6.07 Å². The molecule has 2 amide bonds. The van der Waals surface area contributed by atoms with Gasteiger partial charge in [0.05, 0.1) is 6.07 Å². The van der Waals surface area contributed by atoms with Crippen LogP contribution in [0.5, 0.6) is 0 Å². The van der Waals surface area contributed by atoms with Crippen LogP contribution in [-0.2, 0) is 4.79 Å². The molecule has 1 aromatic carbocycles. The van der Waals surface area contributed by atoms with Gasteiger partial charge in [-0.1, -0.05) is 12.1 Å². The van der Waals surface area contributed by atoms with Crippen molar-refractivity contribution in [3.63, 3.8) is 0 Å². The van der Waals surface area contributed by atoms with Crippen LogP contribution in [0.2, 0.25) is 0 Å². The second-order valence-electron chi connectivity index (χ2n) is 4.58. The summed E-state index contributed by atoms with van der Waals surface area (Å²) in [7, 11) is 0. The lowest BCUT2D eigenvalue weighted by Crippen LogP contribution is -2.25. The highest BCUT2D eigenvalue weighted by molar-refractivity contribution is 5.95. The first kappa shape index (κ1) is 13.8.